The van der Waals surface area contributed by atoms with Crippen LogP contribution in [0, 0.1) is 0 Å². The average Bonchev–Trinajstić information content (AvgIpc) is 3.10. The summed E-state index contributed by atoms with van der Waals surface area (Å²) >= 11 is 0. The molecule has 0 heterocycles. The second kappa shape index (κ2) is 7.38. The highest BCUT2D eigenvalue weighted by Crippen LogP contribution is 2.26. The number of likely N-dealkylation sites (N-methyl/N-ethyl adjacent to an activating group) is 1. The molecule has 0 atom stereocenters. The predicted octanol–water partition coefficient (Wildman–Crippen LogP) is 3.17. The van der Waals surface area contributed by atoms with E-state index in [4.69, 9.17) is 0 Å². The van der Waals surface area contributed by atoms with Gasteiger partial charge in [0.1, 0.15) is 0 Å². The minimum Gasteiger partial charge on any atom is -0.313 e. The number of nitrogens with zero attached hydrogens (tertiary/aromatic N) is 1. The van der Waals surface area contributed by atoms with Crippen molar-refractivity contribution in [2.75, 3.05) is 19.6 Å². The molecule has 0 aromatic heterocycles. The van der Waals surface area contributed by atoms with Crippen molar-refractivity contribution in [3.63, 3.8) is 0 Å². The van der Waals surface area contributed by atoms with Gasteiger partial charge in [0.05, 0.1) is 0 Å². The lowest BCUT2D eigenvalue weighted by Gasteiger charge is -2.24. The number of hydrogen-bond donors (Lipinski definition) is 1. The SMILES string of the molecule is CCN(CCNC1CCCCCCC1)C1CC1. The second-order valence-corrected chi connectivity index (χ2v) is 5.86. The van der Waals surface area contributed by atoms with Gasteiger partial charge in [-0.3, -0.25) is 4.90 Å². The molecule has 0 spiro atoms. The first-order valence-corrected chi connectivity index (χ1v) is 7.87. The summed E-state index contributed by atoms with van der Waals surface area (Å²) in [6, 6.07) is 1.74. The lowest BCUT2D eigenvalue weighted by molar-refractivity contribution is 0.266. The molecule has 0 radical (unpaired) electrons. The van der Waals surface area contributed by atoms with Crippen molar-refractivity contribution >= 4 is 0 Å². The van der Waals surface area contributed by atoms with Crippen LogP contribution in [0.25, 0.3) is 0 Å². The van der Waals surface area contributed by atoms with E-state index in [0.29, 0.717) is 0 Å². The molecule has 0 aliphatic heterocycles. The van der Waals surface area contributed by atoms with Gasteiger partial charge in [-0.2, -0.15) is 0 Å². The fourth-order valence-corrected chi connectivity index (χ4v) is 3.11. The highest BCUT2D eigenvalue weighted by atomic mass is 15.2. The molecule has 2 saturated carbocycles. The Kier molecular flexibility index (Phi) is 5.79. The van der Waals surface area contributed by atoms with E-state index >= 15 is 0 Å². The lowest BCUT2D eigenvalue weighted by Crippen LogP contribution is -2.38. The van der Waals surface area contributed by atoms with E-state index in [2.05, 4.69) is 17.1 Å². The molecular weight excluding hydrogens is 208 g/mol. The largest absolute Gasteiger partial charge is 0.313 e. The van der Waals surface area contributed by atoms with Crippen LogP contribution in [0.5, 0.6) is 0 Å². The number of rotatable bonds is 6. The quantitative estimate of drug-likeness (QED) is 0.764. The standard InChI is InChI=1S/C15H30N2/c1-2-17(15-10-11-15)13-12-16-14-8-6-4-3-5-7-9-14/h14-16H,2-13H2,1H3. The molecule has 0 amide bonds. The van der Waals surface area contributed by atoms with Crippen molar-refractivity contribution in [3.8, 4) is 0 Å². The third-order valence-electron chi connectivity index (χ3n) is 4.41. The van der Waals surface area contributed by atoms with Crippen molar-refractivity contribution in [1.29, 1.82) is 0 Å². The zero-order chi connectivity index (χ0) is 11.9. The summed E-state index contributed by atoms with van der Waals surface area (Å²) in [5, 5.41) is 3.80. The molecule has 17 heavy (non-hydrogen) atoms. The lowest BCUT2D eigenvalue weighted by atomic mass is 9.97. The van der Waals surface area contributed by atoms with E-state index in [0.717, 1.165) is 12.1 Å². The topological polar surface area (TPSA) is 15.3 Å². The molecule has 0 saturated heterocycles. The van der Waals surface area contributed by atoms with Gasteiger partial charge in [-0.1, -0.05) is 39.0 Å². The smallest absolute Gasteiger partial charge is 0.0110 e. The fourth-order valence-electron chi connectivity index (χ4n) is 3.11. The van der Waals surface area contributed by atoms with E-state index < -0.39 is 0 Å². The molecule has 0 unspecified atom stereocenters. The Morgan fingerprint density at radius 2 is 1.59 bits per heavy atom. The predicted molar refractivity (Wildman–Crippen MR) is 74.4 cm³/mol. The Hall–Kier alpha value is -0.0800. The zero-order valence-corrected chi connectivity index (χ0v) is 11.6. The van der Waals surface area contributed by atoms with Crippen molar-refractivity contribution < 1.29 is 0 Å². The summed E-state index contributed by atoms with van der Waals surface area (Å²) in [7, 11) is 0. The van der Waals surface area contributed by atoms with Gasteiger partial charge in [-0.25, -0.2) is 0 Å². The molecule has 2 aliphatic carbocycles. The van der Waals surface area contributed by atoms with Crippen LogP contribution in [-0.4, -0.2) is 36.6 Å². The molecule has 2 heteroatoms. The van der Waals surface area contributed by atoms with E-state index in [9.17, 15) is 0 Å². The van der Waals surface area contributed by atoms with Crippen LogP contribution in [0.15, 0.2) is 0 Å². The second-order valence-electron chi connectivity index (χ2n) is 5.86. The van der Waals surface area contributed by atoms with Crippen LogP contribution in [0.4, 0.5) is 0 Å². The Morgan fingerprint density at radius 1 is 0.941 bits per heavy atom. The fraction of sp³-hybridized carbons (Fsp3) is 1.00. The van der Waals surface area contributed by atoms with E-state index in [-0.39, 0.29) is 0 Å². The summed E-state index contributed by atoms with van der Waals surface area (Å²) in [6.07, 6.45) is 13.0. The maximum Gasteiger partial charge on any atom is 0.0110 e. The van der Waals surface area contributed by atoms with Crippen LogP contribution in [-0.2, 0) is 0 Å². The van der Waals surface area contributed by atoms with Gasteiger partial charge in [0.2, 0.25) is 0 Å². The number of hydrogen-bond acceptors (Lipinski definition) is 2. The molecule has 2 nitrogen and oxygen atoms in total. The Labute approximate surface area is 107 Å². The summed E-state index contributed by atoms with van der Waals surface area (Å²) in [6.45, 7) is 6.00. The van der Waals surface area contributed by atoms with E-state index in [1.165, 1.54) is 77.4 Å². The first-order valence-electron chi connectivity index (χ1n) is 7.87. The first kappa shape index (κ1) is 13.4. The Balaban J connectivity index is 1.58. The molecule has 2 fully saturated rings. The average molecular weight is 238 g/mol. The first-order chi connectivity index (χ1) is 8.40. The summed E-state index contributed by atoms with van der Waals surface area (Å²) in [4.78, 5) is 2.65. The third kappa shape index (κ3) is 4.97. The van der Waals surface area contributed by atoms with Gasteiger partial charge < -0.3 is 5.32 Å². The molecule has 1 N–H and O–H groups in total. The van der Waals surface area contributed by atoms with Crippen LogP contribution in [0.2, 0.25) is 0 Å². The van der Waals surface area contributed by atoms with Crippen LogP contribution >= 0.6 is 0 Å². The van der Waals surface area contributed by atoms with Crippen LogP contribution in [0.3, 0.4) is 0 Å². The highest BCUT2D eigenvalue weighted by Gasteiger charge is 2.27. The van der Waals surface area contributed by atoms with Gasteiger partial charge in [-0.15, -0.1) is 0 Å². The molecule has 100 valence electrons. The maximum atomic E-state index is 3.80. The molecular formula is C15H30N2. The zero-order valence-electron chi connectivity index (χ0n) is 11.6. The molecule has 0 aromatic carbocycles. The minimum atomic E-state index is 0.813. The van der Waals surface area contributed by atoms with Crippen molar-refractivity contribution in [3.05, 3.63) is 0 Å². The molecule has 2 rings (SSSR count). The highest BCUT2D eigenvalue weighted by molar-refractivity contribution is 4.84. The Bertz CT molecular complexity index is 193. The summed E-state index contributed by atoms with van der Waals surface area (Å²) in [5.74, 6) is 0. The van der Waals surface area contributed by atoms with Gasteiger partial charge in [0, 0.05) is 25.2 Å². The van der Waals surface area contributed by atoms with E-state index in [1.54, 1.807) is 0 Å². The van der Waals surface area contributed by atoms with Gasteiger partial charge in [0.15, 0.2) is 0 Å². The van der Waals surface area contributed by atoms with Crippen molar-refractivity contribution in [1.82, 2.24) is 10.2 Å². The van der Waals surface area contributed by atoms with Crippen molar-refractivity contribution in [2.45, 2.75) is 76.8 Å². The molecule has 0 bridgehead atoms. The maximum absolute atomic E-state index is 3.80. The molecule has 0 aromatic rings. The Morgan fingerprint density at radius 3 is 2.18 bits per heavy atom. The van der Waals surface area contributed by atoms with Crippen molar-refractivity contribution in [2.24, 2.45) is 0 Å². The summed E-state index contributed by atoms with van der Waals surface area (Å²) < 4.78 is 0. The molecule has 2 aliphatic rings. The van der Waals surface area contributed by atoms with Crippen LogP contribution < -0.4 is 5.32 Å². The normalized spacial score (nSPS) is 23.6. The summed E-state index contributed by atoms with van der Waals surface area (Å²) in [5.41, 5.74) is 0. The van der Waals surface area contributed by atoms with Gasteiger partial charge in [0.25, 0.3) is 0 Å². The van der Waals surface area contributed by atoms with E-state index in [1.807, 2.05) is 0 Å². The monoisotopic (exact) mass is 238 g/mol. The number of nitrogens with one attached hydrogen (secondary N) is 1. The third-order valence-corrected chi connectivity index (χ3v) is 4.41. The van der Waals surface area contributed by atoms with Crippen LogP contribution in [0.1, 0.15) is 64.7 Å². The van der Waals surface area contributed by atoms with Gasteiger partial charge >= 0.3 is 0 Å². The van der Waals surface area contributed by atoms with Gasteiger partial charge in [-0.05, 0) is 32.2 Å². The minimum absolute atomic E-state index is 0.813.